The fraction of sp³-hybridized carbons (Fsp3) is 0.400. The summed E-state index contributed by atoms with van der Waals surface area (Å²) < 4.78 is 0. The van der Waals surface area contributed by atoms with Gasteiger partial charge >= 0.3 is 0 Å². The molecule has 1 aromatic heterocycles. The largest absolute Gasteiger partial charge is 0.365 e. The average molecular weight is 301 g/mol. The molecule has 7 nitrogen and oxygen atoms in total. The van der Waals surface area contributed by atoms with Gasteiger partial charge in [0.1, 0.15) is 11.9 Å². The normalized spacial score (nSPS) is 21.2. The van der Waals surface area contributed by atoms with Crippen LogP contribution in [0.25, 0.3) is 0 Å². The average Bonchev–Trinajstić information content (AvgIpc) is 3.09. The molecule has 3 rings (SSSR count). The minimum Gasteiger partial charge on any atom is -0.365 e. The fourth-order valence-electron chi connectivity index (χ4n) is 2.81. The molecule has 0 aromatic carbocycles. The van der Waals surface area contributed by atoms with Crippen LogP contribution in [-0.2, 0) is 4.79 Å². The van der Waals surface area contributed by atoms with Crippen LogP contribution >= 0.6 is 0 Å². The van der Waals surface area contributed by atoms with Gasteiger partial charge in [0.25, 0.3) is 5.91 Å². The van der Waals surface area contributed by atoms with Gasteiger partial charge in [-0.05, 0) is 12.1 Å². The van der Waals surface area contributed by atoms with E-state index in [1.54, 1.807) is 18.3 Å². The van der Waals surface area contributed by atoms with E-state index in [0.717, 1.165) is 6.54 Å². The molecule has 22 heavy (non-hydrogen) atoms. The Labute approximate surface area is 128 Å². The lowest BCUT2D eigenvalue weighted by Gasteiger charge is -2.36. The number of pyridine rings is 1. The molecule has 0 saturated carbocycles. The van der Waals surface area contributed by atoms with Gasteiger partial charge in [0, 0.05) is 38.9 Å². The second kappa shape index (κ2) is 6.15. The van der Waals surface area contributed by atoms with Crippen molar-refractivity contribution < 1.29 is 9.59 Å². The van der Waals surface area contributed by atoms with Crippen molar-refractivity contribution in [2.75, 3.05) is 37.6 Å². The van der Waals surface area contributed by atoms with Gasteiger partial charge in [-0.25, -0.2) is 4.98 Å². The summed E-state index contributed by atoms with van der Waals surface area (Å²) in [6.07, 6.45) is 5.51. The molecule has 1 atom stereocenters. The van der Waals surface area contributed by atoms with Crippen molar-refractivity contribution >= 4 is 17.6 Å². The predicted octanol–water partition coefficient (Wildman–Crippen LogP) is -0.643. The number of piperazine rings is 1. The molecular weight excluding hydrogens is 282 g/mol. The zero-order valence-electron chi connectivity index (χ0n) is 12.2. The number of nitrogens with one attached hydrogen (secondary N) is 1. The molecule has 116 valence electrons. The van der Waals surface area contributed by atoms with E-state index in [2.05, 4.69) is 10.3 Å². The predicted molar refractivity (Wildman–Crippen MR) is 82.5 cm³/mol. The third-order valence-electron chi connectivity index (χ3n) is 3.99. The number of anilines is 1. The summed E-state index contributed by atoms with van der Waals surface area (Å²) in [5.41, 5.74) is 5.81. The van der Waals surface area contributed by atoms with Crippen LogP contribution in [-0.4, -0.2) is 60.5 Å². The van der Waals surface area contributed by atoms with Crippen LogP contribution in [0.2, 0.25) is 0 Å². The summed E-state index contributed by atoms with van der Waals surface area (Å²) >= 11 is 0. The first kappa shape index (κ1) is 14.5. The minimum atomic E-state index is -0.484. The first-order chi connectivity index (χ1) is 10.7. The summed E-state index contributed by atoms with van der Waals surface area (Å²) in [6, 6.07) is 3.17. The first-order valence-electron chi connectivity index (χ1n) is 7.35. The molecule has 2 aliphatic heterocycles. The van der Waals surface area contributed by atoms with Crippen molar-refractivity contribution in [3.63, 3.8) is 0 Å². The van der Waals surface area contributed by atoms with Gasteiger partial charge in [0.15, 0.2) is 0 Å². The summed E-state index contributed by atoms with van der Waals surface area (Å²) in [5.74, 6) is 0.215. The highest BCUT2D eigenvalue weighted by Crippen LogP contribution is 2.19. The molecule has 0 bridgehead atoms. The van der Waals surface area contributed by atoms with Gasteiger partial charge in [-0.3, -0.25) is 14.9 Å². The van der Waals surface area contributed by atoms with Crippen LogP contribution in [0.3, 0.4) is 0 Å². The van der Waals surface area contributed by atoms with E-state index in [-0.39, 0.29) is 11.9 Å². The van der Waals surface area contributed by atoms with Gasteiger partial charge in [0.05, 0.1) is 5.56 Å². The maximum Gasteiger partial charge on any atom is 0.252 e. The number of aromatic nitrogens is 1. The fourth-order valence-corrected chi connectivity index (χ4v) is 2.81. The molecule has 3 N–H and O–H groups in total. The quantitative estimate of drug-likeness (QED) is 0.724. The molecule has 3 heterocycles. The Balaban J connectivity index is 1.66. The molecule has 2 aliphatic rings. The van der Waals surface area contributed by atoms with Gasteiger partial charge in [0.2, 0.25) is 5.91 Å². The van der Waals surface area contributed by atoms with Crippen LogP contribution in [0.1, 0.15) is 10.4 Å². The summed E-state index contributed by atoms with van der Waals surface area (Å²) in [7, 11) is 0. The Hall–Kier alpha value is -2.41. The number of carbonyl (C=O) groups excluding carboxylic acids is 2. The Morgan fingerprint density at radius 1 is 1.27 bits per heavy atom. The highest BCUT2D eigenvalue weighted by Gasteiger charge is 2.28. The van der Waals surface area contributed by atoms with Crippen molar-refractivity contribution in [2.24, 2.45) is 5.73 Å². The molecule has 0 aliphatic carbocycles. The number of amides is 2. The van der Waals surface area contributed by atoms with E-state index in [4.69, 9.17) is 5.73 Å². The van der Waals surface area contributed by atoms with Crippen LogP contribution in [0.15, 0.2) is 30.5 Å². The number of hydrogen-bond donors (Lipinski definition) is 2. The van der Waals surface area contributed by atoms with E-state index in [1.165, 1.54) is 0 Å². The maximum absolute atomic E-state index is 12.3. The number of carbonyl (C=O) groups is 2. The maximum atomic E-state index is 12.3. The molecule has 0 radical (unpaired) electrons. The third-order valence-corrected chi connectivity index (χ3v) is 3.99. The van der Waals surface area contributed by atoms with E-state index < -0.39 is 5.91 Å². The van der Waals surface area contributed by atoms with Crippen molar-refractivity contribution in [3.05, 3.63) is 36.0 Å². The van der Waals surface area contributed by atoms with Crippen molar-refractivity contribution in [1.29, 1.82) is 0 Å². The summed E-state index contributed by atoms with van der Waals surface area (Å²) in [4.78, 5) is 31.9. The molecule has 0 spiro atoms. The number of hydrogen-bond acceptors (Lipinski definition) is 5. The van der Waals surface area contributed by atoms with Crippen LogP contribution < -0.4 is 16.0 Å². The van der Waals surface area contributed by atoms with Gasteiger partial charge in [-0.1, -0.05) is 12.2 Å². The first-order valence-corrected chi connectivity index (χ1v) is 7.35. The number of nitrogens with zero attached hydrogens (tertiary/aromatic N) is 3. The second-order valence-corrected chi connectivity index (χ2v) is 5.37. The number of rotatable bonds is 3. The van der Waals surface area contributed by atoms with E-state index in [0.29, 0.717) is 37.6 Å². The van der Waals surface area contributed by atoms with E-state index in [1.807, 2.05) is 22.0 Å². The van der Waals surface area contributed by atoms with Gasteiger partial charge < -0.3 is 15.5 Å². The van der Waals surface area contributed by atoms with E-state index in [9.17, 15) is 9.59 Å². The zero-order valence-corrected chi connectivity index (χ0v) is 12.2. The van der Waals surface area contributed by atoms with Crippen molar-refractivity contribution in [3.8, 4) is 0 Å². The Morgan fingerprint density at radius 2 is 2.05 bits per heavy atom. The van der Waals surface area contributed by atoms with Crippen LogP contribution in [0.5, 0.6) is 0 Å². The number of primary amides is 1. The van der Waals surface area contributed by atoms with Crippen LogP contribution in [0.4, 0.5) is 5.82 Å². The SMILES string of the molecule is NC(=O)c1cccnc1N1CCN(C(=O)[C@H]2C=CCN2)CC1. The lowest BCUT2D eigenvalue weighted by Crippen LogP contribution is -2.53. The van der Waals surface area contributed by atoms with Crippen molar-refractivity contribution in [1.82, 2.24) is 15.2 Å². The Kier molecular flexibility index (Phi) is 4.06. The topological polar surface area (TPSA) is 91.6 Å². The highest BCUT2D eigenvalue weighted by molar-refractivity contribution is 5.97. The standard InChI is InChI=1S/C15H19N5O2/c16-13(21)11-3-1-6-18-14(11)19-7-9-20(10-8-19)15(22)12-4-2-5-17-12/h1-4,6,12,17H,5,7-10H2,(H2,16,21)/t12-/m1/s1. The lowest BCUT2D eigenvalue weighted by molar-refractivity contribution is -0.132. The molecule has 0 unspecified atom stereocenters. The molecule has 1 saturated heterocycles. The van der Waals surface area contributed by atoms with Gasteiger partial charge in [-0.2, -0.15) is 0 Å². The van der Waals surface area contributed by atoms with Gasteiger partial charge in [-0.15, -0.1) is 0 Å². The molecular formula is C15H19N5O2. The number of nitrogens with two attached hydrogens (primary N) is 1. The molecule has 2 amide bonds. The Bertz CT molecular complexity index is 608. The lowest BCUT2D eigenvalue weighted by atomic mass is 10.2. The van der Waals surface area contributed by atoms with Crippen LogP contribution in [0, 0.1) is 0 Å². The zero-order chi connectivity index (χ0) is 15.5. The van der Waals surface area contributed by atoms with Crippen molar-refractivity contribution in [2.45, 2.75) is 6.04 Å². The summed E-state index contributed by atoms with van der Waals surface area (Å²) in [5, 5.41) is 3.13. The minimum absolute atomic E-state index is 0.101. The molecule has 7 heteroatoms. The molecule has 1 aromatic rings. The highest BCUT2D eigenvalue weighted by atomic mass is 16.2. The third kappa shape index (κ3) is 2.80. The smallest absolute Gasteiger partial charge is 0.252 e. The second-order valence-electron chi connectivity index (χ2n) is 5.37. The monoisotopic (exact) mass is 301 g/mol. The Morgan fingerprint density at radius 3 is 2.68 bits per heavy atom. The molecule has 1 fully saturated rings. The van der Waals surface area contributed by atoms with E-state index >= 15 is 0 Å². The summed E-state index contributed by atoms with van der Waals surface area (Å²) in [6.45, 7) is 3.24.